The average Bonchev–Trinajstić information content (AvgIpc) is 2.58. The summed E-state index contributed by atoms with van der Waals surface area (Å²) in [6, 6.07) is 4.34. The molecule has 1 nitrogen and oxygen atoms in total. The molecule has 0 fully saturated rings. The van der Waals surface area contributed by atoms with Gasteiger partial charge in [-0.05, 0) is 31.6 Å². The van der Waals surface area contributed by atoms with Crippen molar-refractivity contribution in [2.45, 2.75) is 20.3 Å². The molecule has 0 aliphatic carbocycles. The molecule has 1 aliphatic heterocycles. The largest absolute Gasteiger partial charge is 0.265 e. The third-order valence-electron chi connectivity index (χ3n) is 1.94. The second kappa shape index (κ2) is 2.87. The van der Waals surface area contributed by atoms with Crippen molar-refractivity contribution in [2.24, 2.45) is 4.99 Å². The molecule has 62 valence electrons. The zero-order valence-electron chi connectivity index (χ0n) is 7.29. The molecule has 0 saturated heterocycles. The fourth-order valence-corrected chi connectivity index (χ4v) is 2.19. The summed E-state index contributed by atoms with van der Waals surface area (Å²) < 4.78 is 0. The summed E-state index contributed by atoms with van der Waals surface area (Å²) in [5.74, 6) is 0. The van der Waals surface area contributed by atoms with Gasteiger partial charge >= 0.3 is 0 Å². The Labute approximate surface area is 76.5 Å². The third kappa shape index (κ3) is 1.34. The first-order valence-corrected chi connectivity index (χ1v) is 4.86. The predicted molar refractivity (Wildman–Crippen MR) is 54.8 cm³/mol. The number of aliphatic imine (C=N–C) groups is 1. The number of aryl methyl sites for hydroxylation is 1. The molecule has 0 atom stereocenters. The van der Waals surface area contributed by atoms with E-state index in [-0.39, 0.29) is 0 Å². The zero-order chi connectivity index (χ0) is 8.55. The van der Waals surface area contributed by atoms with Gasteiger partial charge in [0, 0.05) is 28.1 Å². The molecule has 0 aromatic carbocycles. The number of hydrogen-bond acceptors (Lipinski definition) is 2. The summed E-state index contributed by atoms with van der Waals surface area (Å²) in [4.78, 5) is 7.00. The molecule has 1 aromatic heterocycles. The molecule has 2 heterocycles. The van der Waals surface area contributed by atoms with E-state index < -0.39 is 0 Å². The highest BCUT2D eigenvalue weighted by Crippen LogP contribution is 2.29. The van der Waals surface area contributed by atoms with Gasteiger partial charge in [0.2, 0.25) is 0 Å². The van der Waals surface area contributed by atoms with Gasteiger partial charge in [0.05, 0.1) is 0 Å². The van der Waals surface area contributed by atoms with Crippen molar-refractivity contribution in [1.29, 1.82) is 0 Å². The number of allylic oxidation sites excluding steroid dienone is 1. The van der Waals surface area contributed by atoms with Crippen LogP contribution in [0.4, 0.5) is 0 Å². The Hall–Kier alpha value is -0.890. The highest BCUT2D eigenvalue weighted by Gasteiger charge is 2.09. The first-order valence-electron chi connectivity index (χ1n) is 4.05. The maximum absolute atomic E-state index is 4.26. The van der Waals surface area contributed by atoms with E-state index in [1.807, 2.05) is 17.5 Å². The molecular formula is C10H11NS. The minimum absolute atomic E-state index is 1.03. The minimum Gasteiger partial charge on any atom is -0.265 e. The van der Waals surface area contributed by atoms with E-state index in [4.69, 9.17) is 0 Å². The Balaban J connectivity index is 2.24. The van der Waals surface area contributed by atoms with E-state index in [9.17, 15) is 0 Å². The fraction of sp³-hybridized carbons (Fsp3) is 0.300. The molecule has 0 saturated carbocycles. The molecule has 0 N–H and O–H groups in total. The minimum atomic E-state index is 1.03. The van der Waals surface area contributed by atoms with Crippen LogP contribution in [-0.2, 0) is 0 Å². The summed E-state index contributed by atoms with van der Waals surface area (Å²) in [5, 5.41) is 0. The number of hydrogen-bond donors (Lipinski definition) is 0. The van der Waals surface area contributed by atoms with Crippen molar-refractivity contribution in [3.63, 3.8) is 0 Å². The topological polar surface area (TPSA) is 12.4 Å². The second-order valence-electron chi connectivity index (χ2n) is 3.11. The van der Waals surface area contributed by atoms with Gasteiger partial charge < -0.3 is 0 Å². The average molecular weight is 177 g/mol. The van der Waals surface area contributed by atoms with E-state index in [0.717, 1.165) is 6.42 Å². The maximum atomic E-state index is 4.26. The van der Waals surface area contributed by atoms with Crippen LogP contribution in [0.25, 0.3) is 5.57 Å². The molecule has 2 rings (SSSR count). The van der Waals surface area contributed by atoms with Crippen molar-refractivity contribution in [2.75, 3.05) is 0 Å². The van der Waals surface area contributed by atoms with Crippen LogP contribution >= 0.6 is 11.3 Å². The lowest BCUT2D eigenvalue weighted by atomic mass is 10.1. The van der Waals surface area contributed by atoms with Gasteiger partial charge in [-0.2, -0.15) is 0 Å². The Morgan fingerprint density at radius 1 is 1.33 bits per heavy atom. The van der Waals surface area contributed by atoms with Crippen LogP contribution in [-0.4, -0.2) is 5.71 Å². The Morgan fingerprint density at radius 3 is 2.67 bits per heavy atom. The Morgan fingerprint density at radius 2 is 2.17 bits per heavy atom. The lowest BCUT2D eigenvalue weighted by molar-refractivity contribution is 1.51. The summed E-state index contributed by atoms with van der Waals surface area (Å²) in [6.45, 7) is 4.21. The lowest BCUT2D eigenvalue weighted by Crippen LogP contribution is -1.84. The van der Waals surface area contributed by atoms with E-state index >= 15 is 0 Å². The molecule has 1 aliphatic rings. The van der Waals surface area contributed by atoms with Crippen LogP contribution in [0.3, 0.4) is 0 Å². The summed E-state index contributed by atoms with van der Waals surface area (Å²) in [7, 11) is 0. The van der Waals surface area contributed by atoms with Gasteiger partial charge in [0.15, 0.2) is 0 Å². The van der Waals surface area contributed by atoms with Gasteiger partial charge in [-0.25, -0.2) is 0 Å². The van der Waals surface area contributed by atoms with Crippen LogP contribution in [0, 0.1) is 6.92 Å². The van der Waals surface area contributed by atoms with E-state index in [2.05, 4.69) is 31.0 Å². The van der Waals surface area contributed by atoms with Gasteiger partial charge in [-0.15, -0.1) is 11.3 Å². The molecule has 12 heavy (non-hydrogen) atoms. The molecule has 0 unspecified atom stereocenters. The van der Waals surface area contributed by atoms with Gasteiger partial charge in [-0.1, -0.05) is 0 Å². The SMILES string of the molecule is CC1=NC=C(c2ccc(C)s2)C1. The standard InChI is InChI=1S/C10H11NS/c1-7-5-9(6-11-7)10-4-3-8(2)12-10/h3-4,6H,5H2,1-2H3. The van der Waals surface area contributed by atoms with E-state index in [1.54, 1.807) is 0 Å². The normalized spacial score (nSPS) is 16.2. The van der Waals surface area contributed by atoms with Crippen molar-refractivity contribution < 1.29 is 0 Å². The monoisotopic (exact) mass is 177 g/mol. The highest BCUT2D eigenvalue weighted by molar-refractivity contribution is 7.13. The number of rotatable bonds is 1. The molecule has 2 heteroatoms. The Kier molecular flexibility index (Phi) is 1.85. The smallest absolute Gasteiger partial charge is 0.0324 e. The zero-order valence-corrected chi connectivity index (χ0v) is 8.11. The molecule has 1 aromatic rings. The quantitative estimate of drug-likeness (QED) is 0.624. The molecular weight excluding hydrogens is 166 g/mol. The lowest BCUT2D eigenvalue weighted by Gasteiger charge is -1.94. The fourth-order valence-electron chi connectivity index (χ4n) is 1.31. The summed E-state index contributed by atoms with van der Waals surface area (Å²) >= 11 is 1.85. The van der Waals surface area contributed by atoms with Gasteiger partial charge in [0.1, 0.15) is 0 Å². The van der Waals surface area contributed by atoms with Gasteiger partial charge in [0.25, 0.3) is 0 Å². The Bertz CT molecular complexity index is 358. The second-order valence-corrected chi connectivity index (χ2v) is 4.39. The van der Waals surface area contributed by atoms with Crippen molar-refractivity contribution in [3.05, 3.63) is 28.1 Å². The molecule has 0 amide bonds. The summed E-state index contributed by atoms with van der Waals surface area (Å²) in [6.07, 6.45) is 3.01. The van der Waals surface area contributed by atoms with Crippen molar-refractivity contribution >= 4 is 22.6 Å². The van der Waals surface area contributed by atoms with Crippen LogP contribution in [0.1, 0.15) is 23.1 Å². The van der Waals surface area contributed by atoms with E-state index in [1.165, 1.54) is 21.0 Å². The number of nitrogens with zero attached hydrogens (tertiary/aromatic N) is 1. The van der Waals surface area contributed by atoms with Crippen LogP contribution < -0.4 is 0 Å². The van der Waals surface area contributed by atoms with Crippen molar-refractivity contribution in [3.8, 4) is 0 Å². The first kappa shape index (κ1) is 7.74. The third-order valence-corrected chi connectivity index (χ3v) is 3.02. The molecule has 0 radical (unpaired) electrons. The maximum Gasteiger partial charge on any atom is 0.0324 e. The molecule has 0 bridgehead atoms. The number of thiophene rings is 1. The van der Waals surface area contributed by atoms with Gasteiger partial charge in [-0.3, -0.25) is 4.99 Å². The van der Waals surface area contributed by atoms with E-state index in [0.29, 0.717) is 0 Å². The highest BCUT2D eigenvalue weighted by atomic mass is 32.1. The first-order chi connectivity index (χ1) is 5.75. The molecule has 0 spiro atoms. The predicted octanol–water partition coefficient (Wildman–Crippen LogP) is 3.26. The van der Waals surface area contributed by atoms with Crippen LogP contribution in [0.15, 0.2) is 23.3 Å². The van der Waals surface area contributed by atoms with Crippen molar-refractivity contribution in [1.82, 2.24) is 0 Å². The van der Waals surface area contributed by atoms with Crippen LogP contribution in [0.5, 0.6) is 0 Å². The van der Waals surface area contributed by atoms with Crippen LogP contribution in [0.2, 0.25) is 0 Å². The summed E-state index contributed by atoms with van der Waals surface area (Å²) in [5.41, 5.74) is 2.58.